The topological polar surface area (TPSA) is 80.9 Å². The normalized spacial score (nSPS) is 17.1. The van der Waals surface area contributed by atoms with E-state index < -0.39 is 0 Å². The van der Waals surface area contributed by atoms with Crippen molar-refractivity contribution in [1.29, 1.82) is 0 Å². The van der Waals surface area contributed by atoms with Crippen LogP contribution in [0, 0.1) is 0 Å². The SMILES string of the molecule is CCc1nnc(CN2CCN(C(=O)c3ccc4c(c3)OCO4)CC2)o1. The zero-order chi connectivity index (χ0) is 17.2. The lowest BCUT2D eigenvalue weighted by Crippen LogP contribution is -2.48. The van der Waals surface area contributed by atoms with Gasteiger partial charge in [-0.3, -0.25) is 9.69 Å². The van der Waals surface area contributed by atoms with Gasteiger partial charge in [0, 0.05) is 38.2 Å². The van der Waals surface area contributed by atoms with Gasteiger partial charge >= 0.3 is 0 Å². The summed E-state index contributed by atoms with van der Waals surface area (Å²) in [5.74, 6) is 2.63. The first-order valence-corrected chi connectivity index (χ1v) is 8.45. The van der Waals surface area contributed by atoms with Gasteiger partial charge in [-0.05, 0) is 18.2 Å². The molecule has 1 amide bonds. The molecule has 25 heavy (non-hydrogen) atoms. The third-order valence-corrected chi connectivity index (χ3v) is 4.45. The summed E-state index contributed by atoms with van der Waals surface area (Å²) in [4.78, 5) is 16.8. The van der Waals surface area contributed by atoms with Crippen LogP contribution in [0.25, 0.3) is 0 Å². The second-order valence-electron chi connectivity index (χ2n) is 6.08. The predicted molar refractivity (Wildman–Crippen MR) is 87.4 cm³/mol. The highest BCUT2D eigenvalue weighted by Crippen LogP contribution is 2.32. The molecular formula is C17H20N4O4. The number of piperazine rings is 1. The fourth-order valence-electron chi connectivity index (χ4n) is 3.01. The number of hydrogen-bond acceptors (Lipinski definition) is 7. The van der Waals surface area contributed by atoms with E-state index in [1.165, 1.54) is 0 Å². The number of benzene rings is 1. The monoisotopic (exact) mass is 344 g/mol. The van der Waals surface area contributed by atoms with Gasteiger partial charge in [0.2, 0.25) is 18.6 Å². The third-order valence-electron chi connectivity index (χ3n) is 4.45. The van der Waals surface area contributed by atoms with Crippen molar-refractivity contribution in [2.24, 2.45) is 0 Å². The summed E-state index contributed by atoms with van der Waals surface area (Å²) in [7, 11) is 0. The van der Waals surface area contributed by atoms with Crippen molar-refractivity contribution in [3.05, 3.63) is 35.5 Å². The van der Waals surface area contributed by atoms with E-state index in [-0.39, 0.29) is 12.7 Å². The molecule has 1 saturated heterocycles. The molecule has 0 unspecified atom stereocenters. The van der Waals surface area contributed by atoms with Gasteiger partial charge in [0.05, 0.1) is 6.54 Å². The number of aromatic nitrogens is 2. The maximum absolute atomic E-state index is 12.7. The number of amides is 1. The number of carbonyl (C=O) groups excluding carboxylic acids is 1. The molecule has 8 nitrogen and oxygen atoms in total. The van der Waals surface area contributed by atoms with Crippen LogP contribution in [-0.4, -0.2) is 58.9 Å². The van der Waals surface area contributed by atoms with Crippen molar-refractivity contribution < 1.29 is 18.7 Å². The summed E-state index contributed by atoms with van der Waals surface area (Å²) in [6, 6.07) is 5.32. The minimum atomic E-state index is 0.0176. The Morgan fingerprint density at radius 2 is 1.84 bits per heavy atom. The first kappa shape index (κ1) is 15.9. The minimum absolute atomic E-state index is 0.0176. The van der Waals surface area contributed by atoms with Crippen LogP contribution in [0.4, 0.5) is 0 Å². The van der Waals surface area contributed by atoms with Gasteiger partial charge < -0.3 is 18.8 Å². The van der Waals surface area contributed by atoms with Gasteiger partial charge in [0.15, 0.2) is 11.5 Å². The van der Waals surface area contributed by atoms with E-state index in [0.717, 1.165) is 19.5 Å². The Labute approximate surface area is 145 Å². The third kappa shape index (κ3) is 3.30. The van der Waals surface area contributed by atoms with E-state index >= 15 is 0 Å². The van der Waals surface area contributed by atoms with Crippen molar-refractivity contribution in [3.63, 3.8) is 0 Å². The standard InChI is InChI=1S/C17H20N4O4/c1-2-15-18-19-16(25-15)10-20-5-7-21(8-6-20)17(22)12-3-4-13-14(9-12)24-11-23-13/h3-4,9H,2,5-8,10-11H2,1H3. The summed E-state index contributed by atoms with van der Waals surface area (Å²) in [6.45, 7) is 5.71. The second-order valence-corrected chi connectivity index (χ2v) is 6.08. The highest BCUT2D eigenvalue weighted by atomic mass is 16.7. The molecule has 3 heterocycles. The summed E-state index contributed by atoms with van der Waals surface area (Å²) in [5.41, 5.74) is 0.627. The molecule has 0 spiro atoms. The van der Waals surface area contributed by atoms with Crippen LogP contribution in [0.2, 0.25) is 0 Å². The molecule has 2 aromatic rings. The number of hydrogen-bond donors (Lipinski definition) is 0. The van der Waals surface area contributed by atoms with Gasteiger partial charge in [0.25, 0.3) is 5.91 Å². The average Bonchev–Trinajstić information content (AvgIpc) is 3.30. The maximum Gasteiger partial charge on any atom is 0.254 e. The van der Waals surface area contributed by atoms with Gasteiger partial charge in [-0.2, -0.15) is 0 Å². The molecule has 2 aliphatic rings. The molecule has 2 aliphatic heterocycles. The fraction of sp³-hybridized carbons (Fsp3) is 0.471. The van der Waals surface area contributed by atoms with E-state index in [0.29, 0.717) is 48.5 Å². The molecule has 0 aliphatic carbocycles. The van der Waals surface area contributed by atoms with E-state index in [1.807, 2.05) is 11.8 Å². The quantitative estimate of drug-likeness (QED) is 0.827. The van der Waals surface area contributed by atoms with Crippen molar-refractivity contribution in [2.75, 3.05) is 33.0 Å². The maximum atomic E-state index is 12.7. The van der Waals surface area contributed by atoms with Crippen molar-refractivity contribution in [3.8, 4) is 11.5 Å². The van der Waals surface area contributed by atoms with Crippen LogP contribution >= 0.6 is 0 Å². The molecule has 0 atom stereocenters. The average molecular weight is 344 g/mol. The highest BCUT2D eigenvalue weighted by molar-refractivity contribution is 5.95. The van der Waals surface area contributed by atoms with Crippen molar-refractivity contribution in [2.45, 2.75) is 19.9 Å². The number of rotatable bonds is 4. The first-order chi connectivity index (χ1) is 12.2. The molecule has 0 radical (unpaired) electrons. The summed E-state index contributed by atoms with van der Waals surface area (Å²) in [5, 5.41) is 8.03. The van der Waals surface area contributed by atoms with Gasteiger partial charge in [0.1, 0.15) is 0 Å². The Morgan fingerprint density at radius 3 is 2.60 bits per heavy atom. The lowest BCUT2D eigenvalue weighted by Gasteiger charge is -2.34. The number of aryl methyl sites for hydroxylation is 1. The summed E-state index contributed by atoms with van der Waals surface area (Å²) >= 11 is 0. The highest BCUT2D eigenvalue weighted by Gasteiger charge is 2.25. The molecule has 0 saturated carbocycles. The van der Waals surface area contributed by atoms with Gasteiger partial charge in [-0.25, -0.2) is 0 Å². The molecule has 132 valence electrons. The number of carbonyl (C=O) groups is 1. The second kappa shape index (κ2) is 6.72. The molecule has 4 rings (SSSR count). The first-order valence-electron chi connectivity index (χ1n) is 8.45. The smallest absolute Gasteiger partial charge is 0.254 e. The molecule has 1 fully saturated rings. The predicted octanol–water partition coefficient (Wildman–Crippen LogP) is 1.32. The van der Waals surface area contributed by atoms with Gasteiger partial charge in [-0.1, -0.05) is 6.92 Å². The Hall–Kier alpha value is -2.61. The fourth-order valence-corrected chi connectivity index (χ4v) is 3.01. The van der Waals surface area contributed by atoms with E-state index in [1.54, 1.807) is 18.2 Å². The van der Waals surface area contributed by atoms with Crippen LogP contribution in [0.1, 0.15) is 29.1 Å². The largest absolute Gasteiger partial charge is 0.454 e. The summed E-state index contributed by atoms with van der Waals surface area (Å²) in [6.07, 6.45) is 0.741. The molecule has 0 bridgehead atoms. The van der Waals surface area contributed by atoms with Crippen LogP contribution in [0.5, 0.6) is 11.5 Å². The van der Waals surface area contributed by atoms with Crippen LogP contribution < -0.4 is 9.47 Å². The number of ether oxygens (including phenoxy) is 2. The molecule has 1 aromatic carbocycles. The molecule has 0 N–H and O–H groups in total. The Morgan fingerprint density at radius 1 is 1.08 bits per heavy atom. The molecular weight excluding hydrogens is 324 g/mol. The Kier molecular flexibility index (Phi) is 4.27. The van der Waals surface area contributed by atoms with Gasteiger partial charge in [-0.15, -0.1) is 10.2 Å². The number of fused-ring (bicyclic) bond motifs is 1. The summed E-state index contributed by atoms with van der Waals surface area (Å²) < 4.78 is 16.2. The van der Waals surface area contributed by atoms with E-state index in [4.69, 9.17) is 13.9 Å². The minimum Gasteiger partial charge on any atom is -0.454 e. The zero-order valence-corrected chi connectivity index (χ0v) is 14.1. The van der Waals surface area contributed by atoms with Crippen LogP contribution in [0.3, 0.4) is 0 Å². The van der Waals surface area contributed by atoms with Crippen molar-refractivity contribution in [1.82, 2.24) is 20.0 Å². The zero-order valence-electron chi connectivity index (χ0n) is 14.1. The van der Waals surface area contributed by atoms with E-state index in [2.05, 4.69) is 15.1 Å². The molecule has 1 aromatic heterocycles. The van der Waals surface area contributed by atoms with Crippen molar-refractivity contribution >= 4 is 5.91 Å². The van der Waals surface area contributed by atoms with Crippen LogP contribution in [0.15, 0.2) is 22.6 Å². The lowest BCUT2D eigenvalue weighted by molar-refractivity contribution is 0.0617. The molecule has 8 heteroatoms. The van der Waals surface area contributed by atoms with Crippen LogP contribution in [-0.2, 0) is 13.0 Å². The Bertz CT molecular complexity index is 768. The lowest BCUT2D eigenvalue weighted by atomic mass is 10.1. The van der Waals surface area contributed by atoms with E-state index in [9.17, 15) is 4.79 Å². The number of nitrogens with zero attached hydrogens (tertiary/aromatic N) is 4. The Balaban J connectivity index is 1.34.